The molecule has 0 amide bonds. The number of halogens is 1. The Morgan fingerprint density at radius 2 is 2.29 bits per heavy atom. The molecule has 0 aliphatic heterocycles. The lowest BCUT2D eigenvalue weighted by Crippen LogP contribution is -1.96. The summed E-state index contributed by atoms with van der Waals surface area (Å²) < 4.78 is 6.42. The van der Waals surface area contributed by atoms with Gasteiger partial charge in [0.1, 0.15) is 5.58 Å². The Morgan fingerprint density at radius 1 is 1.50 bits per heavy atom. The molecule has 0 saturated carbocycles. The fraction of sp³-hybridized carbons (Fsp3) is 0.273. The average molecular weight is 255 g/mol. The van der Waals surface area contributed by atoms with E-state index in [0.29, 0.717) is 0 Å². The Morgan fingerprint density at radius 3 is 3.00 bits per heavy atom. The Kier molecular flexibility index (Phi) is 2.61. The van der Waals surface area contributed by atoms with Crippen LogP contribution in [0.1, 0.15) is 18.4 Å². The maximum absolute atomic E-state index is 9.08. The minimum atomic E-state index is 0.116. The molecule has 1 aromatic heterocycles. The molecule has 2 rings (SSSR count). The van der Waals surface area contributed by atoms with Crippen LogP contribution in [0.4, 0.5) is 0 Å². The van der Waals surface area contributed by atoms with Crippen molar-refractivity contribution in [2.75, 3.05) is 6.61 Å². The maximum Gasteiger partial charge on any atom is 0.134 e. The summed E-state index contributed by atoms with van der Waals surface area (Å²) in [6.07, 6.45) is 1.72. The van der Waals surface area contributed by atoms with E-state index in [1.54, 1.807) is 6.26 Å². The maximum atomic E-state index is 9.08. The molecule has 1 heterocycles. The monoisotopic (exact) mass is 254 g/mol. The highest BCUT2D eigenvalue weighted by Gasteiger charge is 2.11. The number of rotatable bonds is 2. The molecule has 0 aliphatic carbocycles. The van der Waals surface area contributed by atoms with Crippen molar-refractivity contribution in [2.24, 2.45) is 0 Å². The summed E-state index contributed by atoms with van der Waals surface area (Å²) in [5.74, 6) is 0.116. The zero-order chi connectivity index (χ0) is 10.1. The number of fused-ring (bicyclic) bond motifs is 1. The highest BCUT2D eigenvalue weighted by molar-refractivity contribution is 9.10. The van der Waals surface area contributed by atoms with Gasteiger partial charge in [-0.15, -0.1) is 0 Å². The zero-order valence-corrected chi connectivity index (χ0v) is 9.41. The lowest BCUT2D eigenvalue weighted by molar-refractivity contribution is 0.273. The van der Waals surface area contributed by atoms with Crippen LogP contribution in [-0.2, 0) is 0 Å². The summed E-state index contributed by atoms with van der Waals surface area (Å²) in [5, 5.41) is 10.2. The smallest absolute Gasteiger partial charge is 0.134 e. The summed E-state index contributed by atoms with van der Waals surface area (Å²) in [6, 6.07) is 5.88. The van der Waals surface area contributed by atoms with Gasteiger partial charge in [-0.1, -0.05) is 22.9 Å². The third-order valence-electron chi connectivity index (χ3n) is 2.37. The van der Waals surface area contributed by atoms with Crippen LogP contribution in [0.25, 0.3) is 11.0 Å². The lowest BCUT2D eigenvalue weighted by Gasteiger charge is -2.04. The standard InChI is InChI=1S/C11H11BrO2/c1-7(5-13)10-6-14-11-3-2-8(12)4-9(10)11/h2-4,6-7,13H,5H2,1H3. The zero-order valence-electron chi connectivity index (χ0n) is 7.83. The second kappa shape index (κ2) is 3.75. The van der Waals surface area contributed by atoms with Gasteiger partial charge in [-0.25, -0.2) is 0 Å². The van der Waals surface area contributed by atoms with Crippen molar-refractivity contribution in [3.63, 3.8) is 0 Å². The fourth-order valence-electron chi connectivity index (χ4n) is 1.50. The predicted octanol–water partition coefficient (Wildman–Crippen LogP) is 3.29. The second-order valence-corrected chi connectivity index (χ2v) is 4.33. The molecule has 1 N–H and O–H groups in total. The van der Waals surface area contributed by atoms with E-state index in [9.17, 15) is 0 Å². The topological polar surface area (TPSA) is 33.4 Å². The highest BCUT2D eigenvalue weighted by atomic mass is 79.9. The van der Waals surface area contributed by atoms with Gasteiger partial charge in [-0.2, -0.15) is 0 Å². The summed E-state index contributed by atoms with van der Waals surface area (Å²) >= 11 is 3.42. The molecular formula is C11H11BrO2. The van der Waals surface area contributed by atoms with E-state index >= 15 is 0 Å². The first kappa shape index (κ1) is 9.74. The van der Waals surface area contributed by atoms with E-state index < -0.39 is 0 Å². The normalized spacial score (nSPS) is 13.4. The molecule has 1 unspecified atom stereocenters. The van der Waals surface area contributed by atoms with Crippen LogP contribution in [-0.4, -0.2) is 11.7 Å². The molecule has 0 bridgehead atoms. The number of hydrogen-bond acceptors (Lipinski definition) is 2. The van der Waals surface area contributed by atoms with E-state index in [2.05, 4.69) is 15.9 Å². The Balaban J connectivity index is 2.61. The molecule has 0 fully saturated rings. The lowest BCUT2D eigenvalue weighted by atomic mass is 10.0. The molecule has 0 radical (unpaired) electrons. The fourth-order valence-corrected chi connectivity index (χ4v) is 1.86. The van der Waals surface area contributed by atoms with Crippen molar-refractivity contribution in [1.82, 2.24) is 0 Å². The van der Waals surface area contributed by atoms with Gasteiger partial charge in [0.2, 0.25) is 0 Å². The molecule has 3 heteroatoms. The molecule has 2 aromatic rings. The number of aliphatic hydroxyl groups is 1. The minimum absolute atomic E-state index is 0.116. The van der Waals surface area contributed by atoms with Crippen LogP contribution in [0.3, 0.4) is 0 Å². The molecule has 0 spiro atoms. The Hall–Kier alpha value is -0.800. The average Bonchev–Trinajstić information content (AvgIpc) is 2.59. The van der Waals surface area contributed by atoms with Gasteiger partial charge >= 0.3 is 0 Å². The largest absolute Gasteiger partial charge is 0.464 e. The first-order chi connectivity index (χ1) is 6.72. The molecule has 1 aromatic carbocycles. The van der Waals surface area contributed by atoms with E-state index in [0.717, 1.165) is 21.0 Å². The Bertz CT molecular complexity index is 447. The third kappa shape index (κ3) is 1.57. The van der Waals surface area contributed by atoms with Gasteiger partial charge in [0.25, 0.3) is 0 Å². The second-order valence-electron chi connectivity index (χ2n) is 3.42. The summed E-state index contributed by atoms with van der Waals surface area (Å²) in [5.41, 5.74) is 1.92. The van der Waals surface area contributed by atoms with Crippen LogP contribution in [0.15, 0.2) is 33.4 Å². The Labute approximate surface area is 90.7 Å². The SMILES string of the molecule is CC(CO)c1coc2ccc(Br)cc12. The van der Waals surface area contributed by atoms with Crippen molar-refractivity contribution in [3.8, 4) is 0 Å². The number of benzene rings is 1. The summed E-state index contributed by atoms with van der Waals surface area (Å²) in [7, 11) is 0. The molecular weight excluding hydrogens is 244 g/mol. The van der Waals surface area contributed by atoms with Gasteiger partial charge in [0, 0.05) is 27.9 Å². The first-order valence-corrected chi connectivity index (χ1v) is 5.29. The van der Waals surface area contributed by atoms with E-state index in [1.165, 1.54) is 0 Å². The molecule has 2 nitrogen and oxygen atoms in total. The molecule has 74 valence electrons. The predicted molar refractivity (Wildman–Crippen MR) is 59.4 cm³/mol. The number of aliphatic hydroxyl groups excluding tert-OH is 1. The van der Waals surface area contributed by atoms with Gasteiger partial charge in [-0.3, -0.25) is 0 Å². The summed E-state index contributed by atoms with van der Waals surface area (Å²) in [6.45, 7) is 2.12. The van der Waals surface area contributed by atoms with Crippen LogP contribution in [0.2, 0.25) is 0 Å². The number of furan rings is 1. The van der Waals surface area contributed by atoms with Crippen LogP contribution in [0.5, 0.6) is 0 Å². The molecule has 14 heavy (non-hydrogen) atoms. The van der Waals surface area contributed by atoms with Crippen molar-refractivity contribution >= 4 is 26.9 Å². The molecule has 1 atom stereocenters. The van der Waals surface area contributed by atoms with Gasteiger partial charge in [0.15, 0.2) is 0 Å². The molecule has 0 aliphatic rings. The number of hydrogen-bond donors (Lipinski definition) is 1. The van der Waals surface area contributed by atoms with Gasteiger partial charge < -0.3 is 9.52 Å². The van der Waals surface area contributed by atoms with Gasteiger partial charge in [0.05, 0.1) is 6.26 Å². The third-order valence-corrected chi connectivity index (χ3v) is 2.86. The first-order valence-electron chi connectivity index (χ1n) is 4.50. The van der Waals surface area contributed by atoms with Crippen molar-refractivity contribution in [3.05, 3.63) is 34.5 Å². The molecule has 0 saturated heterocycles. The van der Waals surface area contributed by atoms with Crippen LogP contribution < -0.4 is 0 Å². The van der Waals surface area contributed by atoms with E-state index in [4.69, 9.17) is 9.52 Å². The van der Waals surface area contributed by atoms with Gasteiger partial charge in [-0.05, 0) is 18.2 Å². The quantitative estimate of drug-likeness (QED) is 0.893. The van der Waals surface area contributed by atoms with E-state index in [1.807, 2.05) is 25.1 Å². The minimum Gasteiger partial charge on any atom is -0.464 e. The van der Waals surface area contributed by atoms with Crippen LogP contribution >= 0.6 is 15.9 Å². The van der Waals surface area contributed by atoms with Crippen molar-refractivity contribution < 1.29 is 9.52 Å². The summed E-state index contributed by atoms with van der Waals surface area (Å²) in [4.78, 5) is 0. The van der Waals surface area contributed by atoms with Crippen molar-refractivity contribution in [1.29, 1.82) is 0 Å². The highest BCUT2D eigenvalue weighted by Crippen LogP contribution is 2.29. The van der Waals surface area contributed by atoms with E-state index in [-0.39, 0.29) is 12.5 Å². The van der Waals surface area contributed by atoms with Crippen molar-refractivity contribution in [2.45, 2.75) is 12.8 Å². The van der Waals surface area contributed by atoms with Crippen LogP contribution in [0, 0.1) is 0 Å².